The van der Waals surface area contributed by atoms with Crippen molar-refractivity contribution in [2.24, 2.45) is 0 Å². The van der Waals surface area contributed by atoms with E-state index in [1.54, 1.807) is 10.9 Å². The molecule has 10 heteroatoms. The number of hydrogen-bond donors (Lipinski definition) is 1. The number of aryl methyl sites for hydroxylation is 1. The fourth-order valence-corrected chi connectivity index (χ4v) is 2.85. The van der Waals surface area contributed by atoms with E-state index in [1.807, 2.05) is 6.20 Å². The molecule has 1 aliphatic rings. The first kappa shape index (κ1) is 18.0. The van der Waals surface area contributed by atoms with Crippen molar-refractivity contribution in [3.63, 3.8) is 0 Å². The lowest BCUT2D eigenvalue weighted by molar-refractivity contribution is -0.141. The summed E-state index contributed by atoms with van der Waals surface area (Å²) in [6.07, 6.45) is 1.35. The molecule has 0 saturated heterocycles. The van der Waals surface area contributed by atoms with Gasteiger partial charge >= 0.3 is 6.18 Å². The normalized spacial score (nSPS) is 14.7. The maximum Gasteiger partial charge on any atom is 0.435 e. The lowest BCUT2D eigenvalue weighted by atomic mass is 10.2. The number of nitrogens with one attached hydrogen (secondary N) is 1. The van der Waals surface area contributed by atoms with Crippen molar-refractivity contribution in [3.05, 3.63) is 34.3 Å². The Kier molecular flexibility index (Phi) is 5.16. The topological polar surface area (TPSA) is 64.7 Å². The van der Waals surface area contributed by atoms with Gasteiger partial charge in [-0.2, -0.15) is 23.4 Å². The van der Waals surface area contributed by atoms with Gasteiger partial charge in [-0.15, -0.1) is 0 Å². The van der Waals surface area contributed by atoms with Crippen LogP contribution in [-0.4, -0.2) is 32.0 Å². The van der Waals surface area contributed by atoms with Crippen molar-refractivity contribution in [2.45, 2.75) is 44.4 Å². The summed E-state index contributed by atoms with van der Waals surface area (Å²) in [6.45, 7) is 0.858. The molecule has 0 radical (unpaired) electrons. The predicted molar refractivity (Wildman–Crippen MR) is 86.8 cm³/mol. The molecule has 1 saturated carbocycles. The van der Waals surface area contributed by atoms with Gasteiger partial charge < -0.3 is 5.32 Å². The molecular formula is C15H17BrF3N5O. The number of carbonyl (C=O) groups is 1. The molecule has 0 atom stereocenters. The number of carbonyl (C=O) groups excluding carboxylic acids is 1. The second-order valence-corrected chi connectivity index (χ2v) is 6.92. The second-order valence-electron chi connectivity index (χ2n) is 6.01. The molecule has 0 spiro atoms. The molecule has 2 aromatic rings. The molecule has 3 rings (SSSR count). The standard InChI is InChI=1S/C15H17BrF3N5O/c16-11-7-21-23(8-11)5-1-4-20-14(25)9-24-12(10-2-3-10)6-13(22-24)15(17,18)19/h6-8,10H,1-5,9H2,(H,20,25). The summed E-state index contributed by atoms with van der Waals surface area (Å²) < 4.78 is 42.3. The van der Waals surface area contributed by atoms with Crippen LogP contribution < -0.4 is 5.32 Å². The molecule has 1 amide bonds. The molecule has 2 heterocycles. The SMILES string of the molecule is O=C(Cn1nc(C(F)(F)F)cc1C1CC1)NCCCn1cc(Br)cn1. The first-order chi connectivity index (χ1) is 11.8. The molecule has 0 aliphatic heterocycles. The van der Waals surface area contributed by atoms with Gasteiger partial charge in [0.25, 0.3) is 0 Å². The van der Waals surface area contributed by atoms with Crippen LogP contribution in [0.25, 0.3) is 0 Å². The maximum atomic E-state index is 12.8. The van der Waals surface area contributed by atoms with Gasteiger partial charge in [0.15, 0.2) is 5.69 Å². The van der Waals surface area contributed by atoms with Crippen molar-refractivity contribution in [1.29, 1.82) is 0 Å². The number of halogens is 4. The Labute approximate surface area is 150 Å². The van der Waals surface area contributed by atoms with Crippen molar-refractivity contribution in [2.75, 3.05) is 6.54 Å². The molecule has 0 bridgehead atoms. The number of alkyl halides is 3. The third-order valence-corrected chi connectivity index (χ3v) is 4.29. The highest BCUT2D eigenvalue weighted by atomic mass is 79.9. The smallest absolute Gasteiger partial charge is 0.354 e. The van der Waals surface area contributed by atoms with E-state index >= 15 is 0 Å². The summed E-state index contributed by atoms with van der Waals surface area (Å²) in [6, 6.07) is 1.06. The molecule has 1 N–H and O–H groups in total. The zero-order valence-electron chi connectivity index (χ0n) is 13.3. The molecule has 136 valence electrons. The molecule has 0 aromatic carbocycles. The van der Waals surface area contributed by atoms with Crippen molar-refractivity contribution >= 4 is 21.8 Å². The van der Waals surface area contributed by atoms with Crippen molar-refractivity contribution < 1.29 is 18.0 Å². The molecule has 25 heavy (non-hydrogen) atoms. The van der Waals surface area contributed by atoms with Crippen molar-refractivity contribution in [1.82, 2.24) is 24.9 Å². The van der Waals surface area contributed by atoms with Gasteiger partial charge in [0, 0.05) is 30.9 Å². The molecular weight excluding hydrogens is 403 g/mol. The van der Waals surface area contributed by atoms with E-state index in [2.05, 4.69) is 31.4 Å². The summed E-state index contributed by atoms with van der Waals surface area (Å²) in [5, 5.41) is 10.4. The van der Waals surface area contributed by atoms with Crippen LogP contribution in [0.15, 0.2) is 22.9 Å². The summed E-state index contributed by atoms with van der Waals surface area (Å²) >= 11 is 3.30. The van der Waals surface area contributed by atoms with Gasteiger partial charge in [0.1, 0.15) is 6.54 Å². The van der Waals surface area contributed by atoms with Crippen LogP contribution >= 0.6 is 15.9 Å². The molecule has 1 aliphatic carbocycles. The van der Waals surface area contributed by atoms with Crippen molar-refractivity contribution in [3.8, 4) is 0 Å². The van der Waals surface area contributed by atoms with E-state index in [-0.39, 0.29) is 18.4 Å². The molecule has 2 aromatic heterocycles. The first-order valence-corrected chi connectivity index (χ1v) is 8.72. The zero-order valence-corrected chi connectivity index (χ0v) is 14.8. The van der Waals surface area contributed by atoms with Gasteiger partial charge in [-0.3, -0.25) is 14.2 Å². The van der Waals surface area contributed by atoms with Gasteiger partial charge in [0.05, 0.1) is 10.7 Å². The van der Waals surface area contributed by atoms with Crippen LogP contribution in [0.5, 0.6) is 0 Å². The predicted octanol–water partition coefficient (Wildman–Crippen LogP) is 2.94. The number of aromatic nitrogens is 4. The van der Waals surface area contributed by atoms with Crippen LogP contribution in [0.3, 0.4) is 0 Å². The minimum atomic E-state index is -4.50. The average molecular weight is 420 g/mol. The Balaban J connectivity index is 1.51. The molecule has 6 nitrogen and oxygen atoms in total. The van der Waals surface area contributed by atoms with E-state index in [4.69, 9.17) is 0 Å². The summed E-state index contributed by atoms with van der Waals surface area (Å²) in [7, 11) is 0. The Bertz CT molecular complexity index is 751. The molecule has 0 unspecified atom stereocenters. The summed E-state index contributed by atoms with van der Waals surface area (Å²) in [5.74, 6) is -0.268. The monoisotopic (exact) mass is 419 g/mol. The highest BCUT2D eigenvalue weighted by molar-refractivity contribution is 9.10. The van der Waals surface area contributed by atoms with Gasteiger partial charge in [-0.05, 0) is 41.3 Å². The lowest BCUT2D eigenvalue weighted by Gasteiger charge is -2.08. The Hall–Kier alpha value is -1.84. The van der Waals surface area contributed by atoms with Crippen LogP contribution in [0.2, 0.25) is 0 Å². The quantitative estimate of drug-likeness (QED) is 0.701. The summed E-state index contributed by atoms with van der Waals surface area (Å²) in [5.41, 5.74) is -0.449. The van der Waals surface area contributed by atoms with E-state index in [0.29, 0.717) is 25.2 Å². The molecule has 1 fully saturated rings. The summed E-state index contributed by atoms with van der Waals surface area (Å²) in [4.78, 5) is 12.0. The minimum Gasteiger partial charge on any atom is -0.354 e. The second kappa shape index (κ2) is 7.19. The highest BCUT2D eigenvalue weighted by Gasteiger charge is 2.38. The Morgan fingerprint density at radius 1 is 1.40 bits per heavy atom. The van der Waals surface area contributed by atoms with E-state index in [1.165, 1.54) is 4.68 Å². The zero-order chi connectivity index (χ0) is 18.0. The Morgan fingerprint density at radius 3 is 2.76 bits per heavy atom. The number of nitrogens with zero attached hydrogens (tertiary/aromatic N) is 4. The number of amides is 1. The minimum absolute atomic E-state index is 0.0784. The van der Waals surface area contributed by atoms with Gasteiger partial charge in [0.2, 0.25) is 5.91 Å². The average Bonchev–Trinajstić information content (AvgIpc) is 3.15. The number of hydrogen-bond acceptors (Lipinski definition) is 3. The van der Waals surface area contributed by atoms with Gasteiger partial charge in [-0.25, -0.2) is 0 Å². The van der Waals surface area contributed by atoms with Crippen LogP contribution in [0, 0.1) is 0 Å². The van der Waals surface area contributed by atoms with E-state index in [9.17, 15) is 18.0 Å². The maximum absolute atomic E-state index is 12.8. The highest BCUT2D eigenvalue weighted by Crippen LogP contribution is 2.42. The van der Waals surface area contributed by atoms with E-state index < -0.39 is 11.9 Å². The van der Waals surface area contributed by atoms with E-state index in [0.717, 1.165) is 23.4 Å². The van der Waals surface area contributed by atoms with Gasteiger partial charge in [-0.1, -0.05) is 0 Å². The van der Waals surface area contributed by atoms with Crippen LogP contribution in [0.1, 0.15) is 36.6 Å². The van der Waals surface area contributed by atoms with Crippen LogP contribution in [-0.2, 0) is 24.1 Å². The largest absolute Gasteiger partial charge is 0.435 e. The number of rotatable bonds is 7. The fourth-order valence-electron chi connectivity index (χ4n) is 2.53. The Morgan fingerprint density at radius 2 is 2.16 bits per heavy atom. The van der Waals surface area contributed by atoms with Crippen LogP contribution in [0.4, 0.5) is 13.2 Å². The fraction of sp³-hybridized carbons (Fsp3) is 0.533. The lowest BCUT2D eigenvalue weighted by Crippen LogP contribution is -2.30. The third kappa shape index (κ3) is 4.83. The third-order valence-electron chi connectivity index (χ3n) is 3.88. The first-order valence-electron chi connectivity index (χ1n) is 7.92.